The molecule has 6 heteroatoms. The fraction of sp³-hybridized carbons (Fsp3) is 0.500. The number of anilines is 2. The summed E-state index contributed by atoms with van der Waals surface area (Å²) in [7, 11) is 0. The molecule has 0 bridgehead atoms. The maximum absolute atomic E-state index is 12.7. The number of rotatable bonds is 5. The van der Waals surface area contributed by atoms with Crippen molar-refractivity contribution >= 4 is 11.4 Å². The molecule has 1 rings (SSSR count). The predicted molar refractivity (Wildman–Crippen MR) is 65.4 cm³/mol. The third-order valence-corrected chi connectivity index (χ3v) is 2.22. The predicted octanol–water partition coefficient (Wildman–Crippen LogP) is 3.12. The van der Waals surface area contributed by atoms with Gasteiger partial charge in [0.05, 0.1) is 18.3 Å². The summed E-state index contributed by atoms with van der Waals surface area (Å²) in [6.45, 7) is 4.39. The maximum atomic E-state index is 12.7. The Labute approximate surface area is 104 Å². The van der Waals surface area contributed by atoms with Gasteiger partial charge in [0.2, 0.25) is 0 Å². The highest BCUT2D eigenvalue weighted by Gasteiger charge is 2.33. The summed E-state index contributed by atoms with van der Waals surface area (Å²) in [5.41, 5.74) is 4.72. The van der Waals surface area contributed by atoms with Crippen molar-refractivity contribution in [2.75, 3.05) is 24.2 Å². The van der Waals surface area contributed by atoms with Gasteiger partial charge in [-0.05, 0) is 32.0 Å². The van der Waals surface area contributed by atoms with E-state index in [0.29, 0.717) is 13.2 Å². The van der Waals surface area contributed by atoms with E-state index in [1.807, 2.05) is 13.8 Å². The van der Waals surface area contributed by atoms with Crippen LogP contribution in [-0.4, -0.2) is 19.3 Å². The number of hydrogen-bond donors (Lipinski definition) is 2. The van der Waals surface area contributed by atoms with Gasteiger partial charge in [-0.15, -0.1) is 0 Å². The molecule has 1 aromatic rings. The van der Waals surface area contributed by atoms with E-state index in [4.69, 9.17) is 10.5 Å². The largest absolute Gasteiger partial charge is 0.418 e. The standard InChI is InChI=1S/C12H17F3N2O/c1-8(2)18-6-5-17-11-4-3-9(16)7-10(11)12(13,14)15/h3-4,7-8,17H,5-6,16H2,1-2H3. The second kappa shape index (κ2) is 5.95. The summed E-state index contributed by atoms with van der Waals surface area (Å²) in [6, 6.07) is 3.68. The van der Waals surface area contributed by atoms with Crippen LogP contribution >= 0.6 is 0 Å². The van der Waals surface area contributed by atoms with Crippen LogP contribution in [-0.2, 0) is 10.9 Å². The SMILES string of the molecule is CC(C)OCCNc1ccc(N)cc1C(F)(F)F. The van der Waals surface area contributed by atoms with Gasteiger partial charge in [-0.25, -0.2) is 0 Å². The molecule has 1 aromatic carbocycles. The van der Waals surface area contributed by atoms with E-state index < -0.39 is 11.7 Å². The first-order valence-electron chi connectivity index (χ1n) is 5.63. The van der Waals surface area contributed by atoms with Gasteiger partial charge in [-0.1, -0.05) is 0 Å². The van der Waals surface area contributed by atoms with Crippen LogP contribution in [0.2, 0.25) is 0 Å². The third kappa shape index (κ3) is 4.44. The number of nitrogens with one attached hydrogen (secondary N) is 1. The van der Waals surface area contributed by atoms with E-state index in [1.165, 1.54) is 12.1 Å². The molecular weight excluding hydrogens is 245 g/mol. The van der Waals surface area contributed by atoms with Crippen LogP contribution in [0.1, 0.15) is 19.4 Å². The number of benzene rings is 1. The highest BCUT2D eigenvalue weighted by molar-refractivity contribution is 5.59. The fourth-order valence-electron chi connectivity index (χ4n) is 1.43. The average molecular weight is 262 g/mol. The summed E-state index contributed by atoms with van der Waals surface area (Å²) >= 11 is 0. The van der Waals surface area contributed by atoms with Crippen molar-refractivity contribution in [3.05, 3.63) is 23.8 Å². The third-order valence-electron chi connectivity index (χ3n) is 2.22. The zero-order valence-corrected chi connectivity index (χ0v) is 10.3. The Hall–Kier alpha value is -1.43. The topological polar surface area (TPSA) is 47.3 Å². The molecule has 3 N–H and O–H groups in total. The molecule has 0 aromatic heterocycles. The van der Waals surface area contributed by atoms with Crippen LogP contribution in [0, 0.1) is 0 Å². The monoisotopic (exact) mass is 262 g/mol. The van der Waals surface area contributed by atoms with Gasteiger partial charge in [0.25, 0.3) is 0 Å². The van der Waals surface area contributed by atoms with Gasteiger partial charge in [0.1, 0.15) is 0 Å². The van der Waals surface area contributed by atoms with Gasteiger partial charge < -0.3 is 15.8 Å². The summed E-state index contributed by atoms with van der Waals surface area (Å²) in [5, 5.41) is 2.70. The van der Waals surface area contributed by atoms with Gasteiger partial charge >= 0.3 is 6.18 Å². The van der Waals surface area contributed by atoms with Gasteiger partial charge in [-0.2, -0.15) is 13.2 Å². The molecule has 3 nitrogen and oxygen atoms in total. The fourth-order valence-corrected chi connectivity index (χ4v) is 1.43. The normalized spacial score (nSPS) is 11.9. The highest BCUT2D eigenvalue weighted by atomic mass is 19.4. The van der Waals surface area contributed by atoms with Gasteiger partial charge in [0, 0.05) is 17.9 Å². The van der Waals surface area contributed by atoms with Gasteiger partial charge in [-0.3, -0.25) is 0 Å². The van der Waals surface area contributed by atoms with Crippen LogP contribution in [0.3, 0.4) is 0 Å². The minimum atomic E-state index is -4.42. The number of nitrogen functional groups attached to an aromatic ring is 1. The maximum Gasteiger partial charge on any atom is 0.418 e. The number of halogens is 3. The van der Waals surface area contributed by atoms with E-state index >= 15 is 0 Å². The second-order valence-corrected chi connectivity index (χ2v) is 4.15. The van der Waals surface area contributed by atoms with Crippen LogP contribution in [0.4, 0.5) is 24.5 Å². The lowest BCUT2D eigenvalue weighted by Crippen LogP contribution is -2.16. The molecule has 0 amide bonds. The van der Waals surface area contributed by atoms with Crippen molar-refractivity contribution in [3.8, 4) is 0 Å². The summed E-state index contributed by atoms with van der Waals surface area (Å²) in [6.07, 6.45) is -4.36. The number of ether oxygens (including phenoxy) is 1. The van der Waals surface area contributed by atoms with E-state index in [9.17, 15) is 13.2 Å². The smallest absolute Gasteiger partial charge is 0.399 e. The van der Waals surface area contributed by atoms with Crippen molar-refractivity contribution in [3.63, 3.8) is 0 Å². The Morgan fingerprint density at radius 1 is 1.33 bits per heavy atom. The molecule has 0 aliphatic heterocycles. The number of hydrogen-bond acceptors (Lipinski definition) is 3. The Kier molecular flexibility index (Phi) is 4.84. The molecule has 0 unspecified atom stereocenters. The summed E-state index contributed by atoms with van der Waals surface area (Å²) < 4.78 is 43.5. The molecule has 0 heterocycles. The summed E-state index contributed by atoms with van der Waals surface area (Å²) in [5.74, 6) is 0. The molecule has 0 saturated heterocycles. The molecule has 0 fully saturated rings. The lowest BCUT2D eigenvalue weighted by molar-refractivity contribution is -0.136. The molecule has 0 aliphatic carbocycles. The zero-order chi connectivity index (χ0) is 13.8. The van der Waals surface area contributed by atoms with Crippen molar-refractivity contribution in [1.29, 1.82) is 0 Å². The van der Waals surface area contributed by atoms with E-state index in [-0.39, 0.29) is 17.5 Å². The van der Waals surface area contributed by atoms with E-state index in [1.54, 1.807) is 0 Å². The van der Waals surface area contributed by atoms with Crippen LogP contribution in [0.25, 0.3) is 0 Å². The first-order chi connectivity index (χ1) is 8.30. The summed E-state index contributed by atoms with van der Waals surface area (Å²) in [4.78, 5) is 0. The Balaban J connectivity index is 2.70. The lowest BCUT2D eigenvalue weighted by Gasteiger charge is -2.15. The minimum absolute atomic E-state index is 0.0176. The Morgan fingerprint density at radius 2 is 2.00 bits per heavy atom. The number of alkyl halides is 3. The molecule has 0 radical (unpaired) electrons. The molecule has 0 aliphatic rings. The van der Waals surface area contributed by atoms with Crippen molar-refractivity contribution in [1.82, 2.24) is 0 Å². The Morgan fingerprint density at radius 3 is 2.56 bits per heavy atom. The van der Waals surface area contributed by atoms with E-state index in [0.717, 1.165) is 6.07 Å². The molecule has 0 spiro atoms. The van der Waals surface area contributed by atoms with E-state index in [2.05, 4.69) is 5.32 Å². The molecule has 0 saturated carbocycles. The van der Waals surface area contributed by atoms with Crippen LogP contribution in [0.5, 0.6) is 0 Å². The minimum Gasteiger partial charge on any atom is -0.399 e. The molecule has 18 heavy (non-hydrogen) atoms. The number of nitrogens with two attached hydrogens (primary N) is 1. The molecule has 0 atom stereocenters. The lowest BCUT2D eigenvalue weighted by atomic mass is 10.1. The first kappa shape index (κ1) is 14.6. The second-order valence-electron chi connectivity index (χ2n) is 4.15. The van der Waals surface area contributed by atoms with Crippen LogP contribution < -0.4 is 11.1 Å². The van der Waals surface area contributed by atoms with Crippen LogP contribution in [0.15, 0.2) is 18.2 Å². The zero-order valence-electron chi connectivity index (χ0n) is 10.3. The Bertz CT molecular complexity index is 391. The molecule has 102 valence electrons. The molecular formula is C12H17F3N2O. The van der Waals surface area contributed by atoms with Crippen molar-refractivity contribution < 1.29 is 17.9 Å². The van der Waals surface area contributed by atoms with Gasteiger partial charge in [0.15, 0.2) is 0 Å². The van der Waals surface area contributed by atoms with Crippen molar-refractivity contribution in [2.45, 2.75) is 26.1 Å². The quantitative estimate of drug-likeness (QED) is 0.633. The average Bonchev–Trinajstić information content (AvgIpc) is 2.24. The van der Waals surface area contributed by atoms with Crippen molar-refractivity contribution in [2.24, 2.45) is 0 Å². The highest BCUT2D eigenvalue weighted by Crippen LogP contribution is 2.35. The first-order valence-corrected chi connectivity index (χ1v) is 5.63.